The number of rotatable bonds is 7. The second-order valence-electron chi connectivity index (χ2n) is 7.19. The summed E-state index contributed by atoms with van der Waals surface area (Å²) < 4.78 is 7.40. The summed E-state index contributed by atoms with van der Waals surface area (Å²) in [7, 11) is 0. The van der Waals surface area contributed by atoms with Crippen LogP contribution in [-0.2, 0) is 25.1 Å². The lowest BCUT2D eigenvalue weighted by Crippen LogP contribution is -2.24. The SMILES string of the molecule is CCc1nnc(CSc2nc3sc(CC)c(C)c3c(=O)n2Cc2ccc(C)cc2)o1. The Morgan fingerprint density at radius 2 is 1.80 bits per heavy atom. The molecule has 3 aromatic heterocycles. The molecule has 4 aromatic rings. The van der Waals surface area contributed by atoms with Crippen LogP contribution in [0.3, 0.4) is 0 Å². The summed E-state index contributed by atoms with van der Waals surface area (Å²) in [5.74, 6) is 1.64. The van der Waals surface area contributed by atoms with Crippen molar-refractivity contribution in [2.45, 2.75) is 58.0 Å². The van der Waals surface area contributed by atoms with Gasteiger partial charge in [-0.25, -0.2) is 4.98 Å². The van der Waals surface area contributed by atoms with E-state index >= 15 is 0 Å². The molecule has 1 aromatic carbocycles. The summed E-state index contributed by atoms with van der Waals surface area (Å²) in [5, 5.41) is 9.52. The molecule has 0 atom stereocenters. The molecule has 4 rings (SSSR count). The van der Waals surface area contributed by atoms with Crippen LogP contribution in [0, 0.1) is 13.8 Å². The van der Waals surface area contributed by atoms with Crippen molar-refractivity contribution in [3.05, 3.63) is 68.0 Å². The minimum Gasteiger partial charge on any atom is -0.424 e. The van der Waals surface area contributed by atoms with Gasteiger partial charge in [-0.15, -0.1) is 21.5 Å². The molecule has 0 aliphatic heterocycles. The van der Waals surface area contributed by atoms with Gasteiger partial charge in [-0.05, 0) is 31.4 Å². The third-order valence-electron chi connectivity index (χ3n) is 5.03. The molecule has 0 unspecified atom stereocenters. The highest BCUT2D eigenvalue weighted by molar-refractivity contribution is 7.98. The van der Waals surface area contributed by atoms with Crippen LogP contribution in [0.1, 0.15) is 47.2 Å². The third-order valence-corrected chi connectivity index (χ3v) is 7.32. The number of benzene rings is 1. The van der Waals surface area contributed by atoms with Crippen LogP contribution in [0.15, 0.2) is 38.6 Å². The smallest absolute Gasteiger partial charge is 0.263 e. The molecule has 0 saturated carbocycles. The topological polar surface area (TPSA) is 73.8 Å². The van der Waals surface area contributed by atoms with Gasteiger partial charge in [0.2, 0.25) is 11.8 Å². The first-order valence-electron chi connectivity index (χ1n) is 10.0. The van der Waals surface area contributed by atoms with Gasteiger partial charge in [-0.2, -0.15) is 0 Å². The van der Waals surface area contributed by atoms with E-state index in [-0.39, 0.29) is 5.56 Å². The van der Waals surface area contributed by atoms with Crippen molar-refractivity contribution in [2.24, 2.45) is 0 Å². The van der Waals surface area contributed by atoms with Crippen LogP contribution < -0.4 is 5.56 Å². The zero-order chi connectivity index (χ0) is 21.3. The molecule has 8 heteroatoms. The molecular formula is C22H24N4O2S2. The van der Waals surface area contributed by atoms with Crippen molar-refractivity contribution in [3.63, 3.8) is 0 Å². The average Bonchev–Trinajstić information content (AvgIpc) is 3.34. The lowest BCUT2D eigenvalue weighted by Gasteiger charge is -2.12. The van der Waals surface area contributed by atoms with E-state index < -0.39 is 0 Å². The number of hydrogen-bond donors (Lipinski definition) is 0. The summed E-state index contributed by atoms with van der Waals surface area (Å²) in [4.78, 5) is 20.4. The summed E-state index contributed by atoms with van der Waals surface area (Å²) in [6.45, 7) is 8.64. The van der Waals surface area contributed by atoms with E-state index in [1.165, 1.54) is 22.2 Å². The average molecular weight is 441 g/mol. The highest BCUT2D eigenvalue weighted by atomic mass is 32.2. The highest BCUT2D eigenvalue weighted by Crippen LogP contribution is 2.30. The van der Waals surface area contributed by atoms with Crippen molar-refractivity contribution < 1.29 is 4.42 Å². The van der Waals surface area contributed by atoms with E-state index in [2.05, 4.69) is 48.3 Å². The van der Waals surface area contributed by atoms with E-state index in [0.717, 1.165) is 27.8 Å². The number of aromatic nitrogens is 4. The summed E-state index contributed by atoms with van der Waals surface area (Å²) in [6.07, 6.45) is 1.60. The maximum atomic E-state index is 13.5. The van der Waals surface area contributed by atoms with Crippen LogP contribution in [0.4, 0.5) is 0 Å². The normalized spacial score (nSPS) is 11.5. The first-order valence-corrected chi connectivity index (χ1v) is 11.8. The van der Waals surface area contributed by atoms with Gasteiger partial charge in [0.25, 0.3) is 5.56 Å². The second-order valence-corrected chi connectivity index (χ2v) is 9.21. The van der Waals surface area contributed by atoms with Crippen LogP contribution >= 0.6 is 23.1 Å². The van der Waals surface area contributed by atoms with Crippen molar-refractivity contribution >= 4 is 33.3 Å². The van der Waals surface area contributed by atoms with E-state index in [4.69, 9.17) is 9.40 Å². The van der Waals surface area contributed by atoms with Crippen molar-refractivity contribution in [2.75, 3.05) is 0 Å². The molecule has 0 aliphatic carbocycles. The van der Waals surface area contributed by atoms with E-state index in [1.54, 1.807) is 15.9 Å². The van der Waals surface area contributed by atoms with Gasteiger partial charge < -0.3 is 4.42 Å². The summed E-state index contributed by atoms with van der Waals surface area (Å²) in [5.41, 5.74) is 3.32. The molecule has 0 aliphatic rings. The molecule has 3 heterocycles. The maximum absolute atomic E-state index is 13.5. The van der Waals surface area contributed by atoms with Crippen LogP contribution in [0.25, 0.3) is 10.2 Å². The molecule has 0 N–H and O–H groups in total. The van der Waals surface area contributed by atoms with Gasteiger partial charge in [0.15, 0.2) is 5.16 Å². The number of thioether (sulfide) groups is 1. The fraction of sp³-hybridized carbons (Fsp3) is 0.364. The Morgan fingerprint density at radius 3 is 2.47 bits per heavy atom. The van der Waals surface area contributed by atoms with Gasteiger partial charge in [0.05, 0.1) is 17.7 Å². The van der Waals surface area contributed by atoms with Crippen molar-refractivity contribution in [1.29, 1.82) is 0 Å². The second kappa shape index (κ2) is 8.73. The van der Waals surface area contributed by atoms with Gasteiger partial charge in [0.1, 0.15) is 4.83 Å². The van der Waals surface area contributed by atoms with Crippen LogP contribution in [0.2, 0.25) is 0 Å². The lowest BCUT2D eigenvalue weighted by atomic mass is 10.1. The molecule has 0 bridgehead atoms. The molecule has 6 nitrogen and oxygen atoms in total. The zero-order valence-electron chi connectivity index (χ0n) is 17.6. The third kappa shape index (κ3) is 4.06. The Kier molecular flexibility index (Phi) is 6.06. The lowest BCUT2D eigenvalue weighted by molar-refractivity contribution is 0.469. The Bertz CT molecular complexity index is 1240. The fourth-order valence-electron chi connectivity index (χ4n) is 3.32. The molecule has 156 valence electrons. The van der Waals surface area contributed by atoms with Gasteiger partial charge in [0, 0.05) is 11.3 Å². The monoisotopic (exact) mass is 440 g/mol. The quantitative estimate of drug-likeness (QED) is 0.300. The first kappa shape index (κ1) is 20.8. The Balaban J connectivity index is 1.76. The Labute approximate surface area is 183 Å². The van der Waals surface area contributed by atoms with Gasteiger partial charge in [-0.3, -0.25) is 9.36 Å². The Hall–Kier alpha value is -2.45. The van der Waals surface area contributed by atoms with Crippen LogP contribution in [-0.4, -0.2) is 19.7 Å². The Morgan fingerprint density at radius 1 is 1.07 bits per heavy atom. The number of hydrogen-bond acceptors (Lipinski definition) is 7. The van der Waals surface area contributed by atoms with E-state index in [1.807, 2.05) is 13.8 Å². The maximum Gasteiger partial charge on any atom is 0.263 e. The molecule has 0 spiro atoms. The molecule has 0 amide bonds. The van der Waals surface area contributed by atoms with E-state index in [0.29, 0.717) is 35.7 Å². The minimum atomic E-state index is 0.0105. The standard InChI is InChI=1S/C22H24N4O2S2/c1-5-16-14(4)19-20(30-16)23-22(29-12-18-25-24-17(6-2)28-18)26(21(19)27)11-15-9-7-13(3)8-10-15/h7-10H,5-6,11-12H2,1-4H3. The number of aryl methyl sites for hydroxylation is 4. The number of thiophene rings is 1. The largest absolute Gasteiger partial charge is 0.424 e. The first-order chi connectivity index (χ1) is 14.5. The zero-order valence-corrected chi connectivity index (χ0v) is 19.2. The molecule has 0 saturated heterocycles. The molecule has 30 heavy (non-hydrogen) atoms. The number of nitrogens with zero attached hydrogens (tertiary/aromatic N) is 4. The van der Waals surface area contributed by atoms with Crippen LogP contribution in [0.5, 0.6) is 0 Å². The van der Waals surface area contributed by atoms with Gasteiger partial charge in [-0.1, -0.05) is 55.4 Å². The molecule has 0 radical (unpaired) electrons. The fourth-order valence-corrected chi connectivity index (χ4v) is 5.32. The summed E-state index contributed by atoms with van der Waals surface area (Å²) >= 11 is 3.07. The minimum absolute atomic E-state index is 0.0105. The predicted molar refractivity (Wildman–Crippen MR) is 122 cm³/mol. The van der Waals surface area contributed by atoms with Crippen molar-refractivity contribution in [3.8, 4) is 0 Å². The van der Waals surface area contributed by atoms with Gasteiger partial charge >= 0.3 is 0 Å². The van der Waals surface area contributed by atoms with Crippen molar-refractivity contribution in [1.82, 2.24) is 19.7 Å². The molecule has 0 fully saturated rings. The highest BCUT2D eigenvalue weighted by Gasteiger charge is 2.19. The number of fused-ring (bicyclic) bond motifs is 1. The molecular weight excluding hydrogens is 416 g/mol. The van der Waals surface area contributed by atoms with E-state index in [9.17, 15) is 4.79 Å². The predicted octanol–water partition coefficient (Wildman–Crippen LogP) is 4.92. The summed E-state index contributed by atoms with van der Waals surface area (Å²) in [6, 6.07) is 8.25.